The summed E-state index contributed by atoms with van der Waals surface area (Å²) in [4.78, 5) is 2.47. The minimum absolute atomic E-state index is 0.501. The lowest BCUT2D eigenvalue weighted by Crippen LogP contribution is -2.39. The van der Waals surface area contributed by atoms with Gasteiger partial charge in [0, 0.05) is 19.1 Å². The fraction of sp³-hybridized carbons (Fsp3) is 0.533. The Kier molecular flexibility index (Phi) is 4.22. The van der Waals surface area contributed by atoms with Crippen molar-refractivity contribution in [3.63, 3.8) is 0 Å². The quantitative estimate of drug-likeness (QED) is 0.887. The number of rotatable bonds is 3. The molecule has 0 saturated carbocycles. The second-order valence-corrected chi connectivity index (χ2v) is 4.96. The van der Waals surface area contributed by atoms with Crippen molar-refractivity contribution in [1.82, 2.24) is 4.90 Å². The summed E-state index contributed by atoms with van der Waals surface area (Å²) in [5, 5.41) is 12.7. The molecule has 3 heteroatoms. The summed E-state index contributed by atoms with van der Waals surface area (Å²) in [5.41, 5.74) is 2.94. The molecule has 0 unspecified atom stereocenters. The second-order valence-electron chi connectivity index (χ2n) is 4.96. The zero-order valence-electron chi connectivity index (χ0n) is 11.2. The number of hydrogen-bond donors (Lipinski definition) is 1. The van der Waals surface area contributed by atoms with Crippen LogP contribution in [0.1, 0.15) is 30.9 Å². The largest absolute Gasteiger partial charge is 0.381 e. The second kappa shape index (κ2) is 5.88. The molecule has 1 N–H and O–H groups in total. The third kappa shape index (κ3) is 2.83. The summed E-state index contributed by atoms with van der Waals surface area (Å²) >= 11 is 0. The number of anilines is 1. The maximum atomic E-state index is 9.15. The Bertz CT molecular complexity index is 440. The van der Waals surface area contributed by atoms with Crippen LogP contribution in [0.3, 0.4) is 0 Å². The minimum atomic E-state index is 0.501. The monoisotopic (exact) mass is 243 g/mol. The maximum Gasteiger partial charge on any atom is 0.101 e. The highest BCUT2D eigenvalue weighted by Crippen LogP contribution is 2.23. The number of nitrogens with one attached hydrogen (secondary N) is 1. The van der Waals surface area contributed by atoms with Crippen LogP contribution in [0.5, 0.6) is 0 Å². The molecule has 1 saturated heterocycles. The number of para-hydroxylation sites is 1. The molecule has 1 aliphatic heterocycles. The number of likely N-dealkylation sites (tertiary alicyclic amines) is 1. The van der Waals surface area contributed by atoms with Crippen LogP contribution in [0, 0.1) is 18.3 Å². The first kappa shape index (κ1) is 12.9. The molecule has 2 rings (SSSR count). The number of nitrogens with zero attached hydrogens (tertiary/aromatic N) is 2. The van der Waals surface area contributed by atoms with E-state index in [4.69, 9.17) is 5.26 Å². The van der Waals surface area contributed by atoms with Crippen LogP contribution in [0.15, 0.2) is 18.2 Å². The molecule has 0 radical (unpaired) electrons. The molecule has 1 aliphatic rings. The molecule has 1 aromatic rings. The van der Waals surface area contributed by atoms with Gasteiger partial charge in [0.15, 0.2) is 0 Å². The lowest BCUT2D eigenvalue weighted by Gasteiger charge is -2.32. The van der Waals surface area contributed by atoms with Gasteiger partial charge in [-0.3, -0.25) is 0 Å². The SMILES string of the molecule is CCN1CCC(Nc2c(C)cccc2C#N)CC1. The van der Waals surface area contributed by atoms with Crippen molar-refractivity contribution in [3.8, 4) is 6.07 Å². The molecule has 0 atom stereocenters. The lowest BCUT2D eigenvalue weighted by molar-refractivity contribution is 0.229. The van der Waals surface area contributed by atoms with Crippen LogP contribution in [-0.4, -0.2) is 30.6 Å². The van der Waals surface area contributed by atoms with Gasteiger partial charge in [0.2, 0.25) is 0 Å². The Balaban J connectivity index is 2.05. The molecule has 1 heterocycles. The van der Waals surface area contributed by atoms with E-state index in [-0.39, 0.29) is 0 Å². The lowest BCUT2D eigenvalue weighted by atomic mass is 10.0. The molecule has 0 aromatic heterocycles. The topological polar surface area (TPSA) is 39.1 Å². The van der Waals surface area contributed by atoms with Gasteiger partial charge in [-0.2, -0.15) is 5.26 Å². The Hall–Kier alpha value is -1.53. The maximum absolute atomic E-state index is 9.15. The molecule has 0 spiro atoms. The Morgan fingerprint density at radius 3 is 2.72 bits per heavy atom. The standard InChI is InChI=1S/C15H21N3/c1-3-18-9-7-14(8-10-18)17-15-12(2)5-4-6-13(15)11-16/h4-6,14,17H,3,7-10H2,1-2H3. The minimum Gasteiger partial charge on any atom is -0.381 e. The molecule has 96 valence electrons. The highest BCUT2D eigenvalue weighted by molar-refractivity contribution is 5.62. The van der Waals surface area contributed by atoms with E-state index in [9.17, 15) is 0 Å². The first-order valence-electron chi connectivity index (χ1n) is 6.73. The summed E-state index contributed by atoms with van der Waals surface area (Å²) in [5.74, 6) is 0. The number of piperidine rings is 1. The zero-order chi connectivity index (χ0) is 13.0. The molecular weight excluding hydrogens is 222 g/mol. The van der Waals surface area contributed by atoms with E-state index in [1.165, 1.54) is 0 Å². The summed E-state index contributed by atoms with van der Waals surface area (Å²) < 4.78 is 0. The van der Waals surface area contributed by atoms with Crippen LogP contribution in [0.4, 0.5) is 5.69 Å². The highest BCUT2D eigenvalue weighted by atomic mass is 15.1. The summed E-state index contributed by atoms with van der Waals surface area (Å²) in [6.07, 6.45) is 2.32. The fourth-order valence-corrected chi connectivity index (χ4v) is 2.55. The van der Waals surface area contributed by atoms with Gasteiger partial charge in [-0.15, -0.1) is 0 Å². The smallest absolute Gasteiger partial charge is 0.101 e. The molecule has 18 heavy (non-hydrogen) atoms. The van der Waals surface area contributed by atoms with Crippen LogP contribution in [0.25, 0.3) is 0 Å². The van der Waals surface area contributed by atoms with Gasteiger partial charge in [0.1, 0.15) is 6.07 Å². The third-order valence-electron chi connectivity index (χ3n) is 3.78. The average molecular weight is 243 g/mol. The van der Waals surface area contributed by atoms with Gasteiger partial charge in [-0.25, -0.2) is 0 Å². The van der Waals surface area contributed by atoms with Crippen molar-refractivity contribution in [2.24, 2.45) is 0 Å². The van der Waals surface area contributed by atoms with Crippen molar-refractivity contribution in [1.29, 1.82) is 5.26 Å². The number of aryl methyl sites for hydroxylation is 1. The van der Waals surface area contributed by atoms with Crippen molar-refractivity contribution < 1.29 is 0 Å². The van der Waals surface area contributed by atoms with Gasteiger partial charge in [0.25, 0.3) is 0 Å². The van der Waals surface area contributed by atoms with Gasteiger partial charge < -0.3 is 10.2 Å². The van der Waals surface area contributed by atoms with E-state index in [0.29, 0.717) is 6.04 Å². The Labute approximate surface area is 109 Å². The predicted octanol–water partition coefficient (Wildman–Crippen LogP) is 2.76. The molecular formula is C15H21N3. The summed E-state index contributed by atoms with van der Waals surface area (Å²) in [7, 11) is 0. The summed E-state index contributed by atoms with van der Waals surface area (Å²) in [6.45, 7) is 7.72. The number of benzene rings is 1. The Morgan fingerprint density at radius 1 is 1.39 bits per heavy atom. The van der Waals surface area contributed by atoms with Gasteiger partial charge in [-0.1, -0.05) is 19.1 Å². The van der Waals surface area contributed by atoms with Crippen LogP contribution < -0.4 is 5.32 Å². The van der Waals surface area contributed by atoms with Gasteiger partial charge in [0.05, 0.1) is 11.3 Å². The van der Waals surface area contributed by atoms with Crippen LogP contribution in [-0.2, 0) is 0 Å². The van der Waals surface area contributed by atoms with Crippen molar-refractivity contribution >= 4 is 5.69 Å². The molecule has 1 fully saturated rings. The van der Waals surface area contributed by atoms with E-state index < -0.39 is 0 Å². The Morgan fingerprint density at radius 2 is 2.11 bits per heavy atom. The van der Waals surface area contributed by atoms with E-state index >= 15 is 0 Å². The predicted molar refractivity (Wildman–Crippen MR) is 74.7 cm³/mol. The molecule has 0 bridgehead atoms. The van der Waals surface area contributed by atoms with Gasteiger partial charge in [-0.05, 0) is 37.9 Å². The first-order valence-corrected chi connectivity index (χ1v) is 6.73. The van der Waals surface area contributed by atoms with E-state index in [0.717, 1.165) is 49.3 Å². The third-order valence-corrected chi connectivity index (χ3v) is 3.78. The summed E-state index contributed by atoms with van der Waals surface area (Å²) in [6, 6.07) is 8.66. The van der Waals surface area contributed by atoms with Crippen LogP contribution in [0.2, 0.25) is 0 Å². The van der Waals surface area contributed by atoms with Crippen molar-refractivity contribution in [3.05, 3.63) is 29.3 Å². The average Bonchev–Trinajstić information content (AvgIpc) is 2.42. The normalized spacial score (nSPS) is 17.4. The highest BCUT2D eigenvalue weighted by Gasteiger charge is 2.19. The zero-order valence-corrected chi connectivity index (χ0v) is 11.2. The molecule has 1 aromatic carbocycles. The molecule has 0 aliphatic carbocycles. The van der Waals surface area contributed by atoms with E-state index in [1.807, 2.05) is 12.1 Å². The number of hydrogen-bond acceptors (Lipinski definition) is 3. The fourth-order valence-electron chi connectivity index (χ4n) is 2.55. The van der Waals surface area contributed by atoms with Gasteiger partial charge >= 0.3 is 0 Å². The van der Waals surface area contributed by atoms with Crippen LogP contribution >= 0.6 is 0 Å². The van der Waals surface area contributed by atoms with Crippen molar-refractivity contribution in [2.45, 2.75) is 32.7 Å². The van der Waals surface area contributed by atoms with E-state index in [1.54, 1.807) is 0 Å². The molecule has 3 nitrogen and oxygen atoms in total. The number of nitriles is 1. The first-order chi connectivity index (χ1) is 8.74. The molecule has 0 amide bonds. The van der Waals surface area contributed by atoms with E-state index in [2.05, 4.69) is 36.2 Å². The van der Waals surface area contributed by atoms with Crippen molar-refractivity contribution in [2.75, 3.05) is 25.0 Å².